The minimum Gasteiger partial charge on any atom is -0.467 e. The Balaban J connectivity index is 1.60. The maximum absolute atomic E-state index is 14.0. The summed E-state index contributed by atoms with van der Waals surface area (Å²) in [5, 5.41) is 6.93. The normalized spacial score (nSPS) is 16.3. The summed E-state index contributed by atoms with van der Waals surface area (Å²) in [5.74, 6) is 0.193. The van der Waals surface area contributed by atoms with Gasteiger partial charge in [-0.05, 0) is 61.0 Å². The van der Waals surface area contributed by atoms with Gasteiger partial charge in [-0.1, -0.05) is 17.3 Å². The van der Waals surface area contributed by atoms with Crippen LogP contribution in [0.4, 0.5) is 13.6 Å². The summed E-state index contributed by atoms with van der Waals surface area (Å²) < 4.78 is 38.2. The van der Waals surface area contributed by atoms with E-state index >= 15 is 0 Å². The van der Waals surface area contributed by atoms with Crippen molar-refractivity contribution in [1.82, 2.24) is 20.4 Å². The third-order valence-electron chi connectivity index (χ3n) is 5.43. The zero-order valence-corrected chi connectivity index (χ0v) is 17.5. The molecule has 1 atom stereocenters. The van der Waals surface area contributed by atoms with Gasteiger partial charge in [0.1, 0.15) is 17.4 Å². The smallest absolute Gasteiger partial charge is 0.322 e. The van der Waals surface area contributed by atoms with E-state index in [2.05, 4.69) is 15.5 Å². The van der Waals surface area contributed by atoms with Gasteiger partial charge in [-0.25, -0.2) is 13.6 Å². The molecule has 0 fully saturated rings. The molecule has 1 aliphatic heterocycles. The molecule has 0 aliphatic carbocycles. The van der Waals surface area contributed by atoms with Gasteiger partial charge in [0.05, 0.1) is 24.4 Å². The second kappa shape index (κ2) is 8.34. The van der Waals surface area contributed by atoms with Gasteiger partial charge in [-0.3, -0.25) is 4.90 Å². The number of benzene rings is 2. The summed E-state index contributed by atoms with van der Waals surface area (Å²) in [7, 11) is 0. The molecule has 5 rings (SSSR count). The summed E-state index contributed by atoms with van der Waals surface area (Å²) in [5.41, 5.74) is 2.17. The first-order valence-corrected chi connectivity index (χ1v) is 10.2. The fourth-order valence-electron chi connectivity index (χ4n) is 3.79. The summed E-state index contributed by atoms with van der Waals surface area (Å²) in [6.07, 6.45) is 1.53. The molecule has 0 spiro atoms. The lowest BCUT2D eigenvalue weighted by molar-refractivity contribution is 0.199. The van der Waals surface area contributed by atoms with Crippen LogP contribution in [0.2, 0.25) is 0 Å². The van der Waals surface area contributed by atoms with E-state index in [1.165, 1.54) is 35.4 Å². The van der Waals surface area contributed by atoms with Gasteiger partial charge < -0.3 is 14.3 Å². The molecule has 3 heterocycles. The molecule has 2 aromatic carbocycles. The van der Waals surface area contributed by atoms with Gasteiger partial charge in [0.25, 0.3) is 5.89 Å². The number of furan rings is 1. The van der Waals surface area contributed by atoms with Crippen molar-refractivity contribution < 1.29 is 22.5 Å². The van der Waals surface area contributed by atoms with E-state index in [1.54, 1.807) is 43.3 Å². The molecule has 1 aliphatic rings. The van der Waals surface area contributed by atoms with Gasteiger partial charge in [0.2, 0.25) is 5.82 Å². The van der Waals surface area contributed by atoms with Crippen LogP contribution in [-0.4, -0.2) is 21.1 Å². The molecule has 0 saturated carbocycles. The maximum Gasteiger partial charge on any atom is 0.322 e. The monoisotopic (exact) mass is 448 g/mol. The first-order valence-electron chi connectivity index (χ1n) is 10.2. The number of rotatable bonds is 5. The van der Waals surface area contributed by atoms with Crippen molar-refractivity contribution >= 4 is 11.6 Å². The number of urea groups is 1. The molecular formula is C24H18F2N4O3. The highest BCUT2D eigenvalue weighted by Gasteiger charge is 2.36. The summed E-state index contributed by atoms with van der Waals surface area (Å²) >= 11 is 0. The van der Waals surface area contributed by atoms with Gasteiger partial charge in [0.15, 0.2) is 0 Å². The third-order valence-corrected chi connectivity index (χ3v) is 5.43. The fourth-order valence-corrected chi connectivity index (χ4v) is 3.79. The van der Waals surface area contributed by atoms with Crippen LogP contribution in [0.3, 0.4) is 0 Å². The van der Waals surface area contributed by atoms with E-state index in [0.717, 1.165) is 0 Å². The minimum atomic E-state index is -0.720. The zero-order chi connectivity index (χ0) is 22.9. The van der Waals surface area contributed by atoms with Crippen LogP contribution in [0.5, 0.6) is 0 Å². The van der Waals surface area contributed by atoms with Crippen LogP contribution in [0, 0.1) is 11.6 Å². The molecular weight excluding hydrogens is 430 g/mol. The summed E-state index contributed by atoms with van der Waals surface area (Å²) in [6, 6.07) is 14.0. The Morgan fingerprint density at radius 2 is 1.88 bits per heavy atom. The lowest BCUT2D eigenvalue weighted by atomic mass is 9.94. The Morgan fingerprint density at radius 1 is 1.06 bits per heavy atom. The third kappa shape index (κ3) is 4.00. The second-order valence-corrected chi connectivity index (χ2v) is 7.53. The van der Waals surface area contributed by atoms with Gasteiger partial charge in [-0.2, -0.15) is 4.98 Å². The molecule has 1 N–H and O–H groups in total. The molecule has 2 aromatic heterocycles. The number of carbonyl (C=O) groups is 1. The fraction of sp³-hybridized carbons (Fsp3) is 0.125. The second-order valence-electron chi connectivity index (χ2n) is 7.53. The number of hydrogen-bond donors (Lipinski definition) is 1. The number of aromatic nitrogens is 2. The molecule has 7 nitrogen and oxygen atoms in total. The van der Waals surface area contributed by atoms with Crippen LogP contribution in [-0.2, 0) is 6.54 Å². The first-order chi connectivity index (χ1) is 16.0. The SMILES string of the molecule is CC1=C(c2nc(-c3ccc(F)cc3)no2)C(c2cccc(F)c2)NC(=O)N1Cc1ccco1. The summed E-state index contributed by atoms with van der Waals surface area (Å²) in [4.78, 5) is 19.0. The van der Waals surface area contributed by atoms with Crippen molar-refractivity contribution in [2.75, 3.05) is 0 Å². The highest BCUT2D eigenvalue weighted by molar-refractivity contribution is 5.86. The van der Waals surface area contributed by atoms with Crippen LogP contribution >= 0.6 is 0 Å². The topological polar surface area (TPSA) is 84.4 Å². The number of hydrogen-bond acceptors (Lipinski definition) is 5. The number of allylic oxidation sites excluding steroid dienone is 1. The minimum absolute atomic E-state index is 0.158. The predicted molar refractivity (Wildman–Crippen MR) is 114 cm³/mol. The maximum atomic E-state index is 14.0. The standard InChI is InChI=1S/C24H18F2N4O3/c1-14-20(23-28-22(29-33-23)15-7-9-17(25)10-8-15)21(16-4-2-5-18(26)12-16)27-24(31)30(14)13-19-6-3-11-32-19/h2-12,21H,13H2,1H3,(H,27,31). The van der Waals surface area contributed by atoms with Crippen LogP contribution < -0.4 is 5.32 Å². The van der Waals surface area contributed by atoms with Crippen molar-refractivity contribution in [2.24, 2.45) is 0 Å². The highest BCUT2D eigenvalue weighted by atomic mass is 19.1. The van der Waals surface area contributed by atoms with E-state index in [9.17, 15) is 13.6 Å². The van der Waals surface area contributed by atoms with E-state index < -0.39 is 11.9 Å². The van der Waals surface area contributed by atoms with Crippen molar-refractivity contribution in [3.8, 4) is 11.4 Å². The van der Waals surface area contributed by atoms with E-state index in [0.29, 0.717) is 28.2 Å². The lowest BCUT2D eigenvalue weighted by Gasteiger charge is -2.34. The Morgan fingerprint density at radius 3 is 2.61 bits per heavy atom. The Kier molecular flexibility index (Phi) is 5.21. The van der Waals surface area contributed by atoms with E-state index in [4.69, 9.17) is 8.94 Å². The van der Waals surface area contributed by atoms with E-state index in [1.807, 2.05) is 0 Å². The Hall–Kier alpha value is -4.27. The summed E-state index contributed by atoms with van der Waals surface area (Å²) in [6.45, 7) is 1.94. The molecule has 0 radical (unpaired) electrons. The van der Waals surface area contributed by atoms with Crippen LogP contribution in [0.25, 0.3) is 17.0 Å². The molecule has 1 unspecified atom stereocenters. The van der Waals surface area contributed by atoms with E-state index in [-0.39, 0.29) is 30.1 Å². The van der Waals surface area contributed by atoms with Gasteiger partial charge >= 0.3 is 6.03 Å². The van der Waals surface area contributed by atoms with Crippen molar-refractivity contribution in [3.05, 3.63) is 101 Å². The number of carbonyl (C=O) groups excluding carboxylic acids is 1. The Labute approximate surface area is 187 Å². The van der Waals surface area contributed by atoms with Crippen molar-refractivity contribution in [2.45, 2.75) is 19.5 Å². The molecule has 2 amide bonds. The predicted octanol–water partition coefficient (Wildman–Crippen LogP) is 5.31. The van der Waals surface area contributed by atoms with Crippen molar-refractivity contribution in [3.63, 3.8) is 0 Å². The molecule has 0 bridgehead atoms. The number of nitrogens with zero attached hydrogens (tertiary/aromatic N) is 3. The molecule has 0 saturated heterocycles. The number of amides is 2. The van der Waals surface area contributed by atoms with Gasteiger partial charge in [0, 0.05) is 11.3 Å². The number of halogens is 2. The molecule has 33 heavy (non-hydrogen) atoms. The largest absolute Gasteiger partial charge is 0.467 e. The average Bonchev–Trinajstić information content (AvgIpc) is 3.49. The average molecular weight is 448 g/mol. The van der Waals surface area contributed by atoms with Crippen molar-refractivity contribution in [1.29, 1.82) is 0 Å². The zero-order valence-electron chi connectivity index (χ0n) is 17.5. The number of nitrogens with one attached hydrogen (secondary N) is 1. The van der Waals surface area contributed by atoms with Crippen LogP contribution in [0.15, 0.2) is 81.6 Å². The molecule has 166 valence electrons. The van der Waals surface area contributed by atoms with Crippen LogP contribution in [0.1, 0.15) is 30.2 Å². The first kappa shape index (κ1) is 20.6. The quantitative estimate of drug-likeness (QED) is 0.448. The molecule has 9 heteroatoms. The van der Waals surface area contributed by atoms with Gasteiger partial charge in [-0.15, -0.1) is 0 Å². The lowest BCUT2D eigenvalue weighted by Crippen LogP contribution is -2.45. The highest BCUT2D eigenvalue weighted by Crippen LogP contribution is 2.38. The molecule has 4 aromatic rings. The Bertz CT molecular complexity index is 1330.